The van der Waals surface area contributed by atoms with Gasteiger partial charge in [0.25, 0.3) is 0 Å². The van der Waals surface area contributed by atoms with Crippen LogP contribution in [0.1, 0.15) is 5.69 Å². The lowest BCUT2D eigenvalue weighted by atomic mass is 10.3. The summed E-state index contributed by atoms with van der Waals surface area (Å²) in [5.41, 5.74) is 7.24. The smallest absolute Gasteiger partial charge is 0.169 e. The maximum atomic E-state index is 5.60. The number of aryl methyl sites for hydroxylation is 1. The SMILES string of the molecule is Cc1nn(-c2ccc(Br)cc2)nc1N. The van der Waals surface area contributed by atoms with Crippen LogP contribution in [0, 0.1) is 6.92 Å². The summed E-state index contributed by atoms with van der Waals surface area (Å²) in [5, 5.41) is 8.25. The van der Waals surface area contributed by atoms with E-state index in [0.717, 1.165) is 15.9 Å². The van der Waals surface area contributed by atoms with Gasteiger partial charge in [-0.1, -0.05) is 15.9 Å². The molecule has 1 aromatic carbocycles. The Morgan fingerprint density at radius 1 is 1.21 bits per heavy atom. The average molecular weight is 253 g/mol. The first-order valence-corrected chi connectivity index (χ1v) is 4.91. The van der Waals surface area contributed by atoms with Gasteiger partial charge in [-0.3, -0.25) is 0 Å². The first-order valence-electron chi connectivity index (χ1n) is 4.12. The molecule has 0 unspecified atom stereocenters. The van der Waals surface area contributed by atoms with Gasteiger partial charge in [0.2, 0.25) is 0 Å². The van der Waals surface area contributed by atoms with Crippen molar-refractivity contribution in [2.24, 2.45) is 0 Å². The summed E-state index contributed by atoms with van der Waals surface area (Å²) in [6.07, 6.45) is 0. The van der Waals surface area contributed by atoms with Crippen molar-refractivity contribution in [1.82, 2.24) is 15.0 Å². The Kier molecular flexibility index (Phi) is 2.25. The predicted molar refractivity (Wildman–Crippen MR) is 58.2 cm³/mol. The van der Waals surface area contributed by atoms with Gasteiger partial charge in [0.1, 0.15) is 5.69 Å². The second kappa shape index (κ2) is 3.42. The van der Waals surface area contributed by atoms with Crippen LogP contribution in [0.2, 0.25) is 0 Å². The molecule has 14 heavy (non-hydrogen) atoms. The van der Waals surface area contributed by atoms with Crippen molar-refractivity contribution in [3.63, 3.8) is 0 Å². The van der Waals surface area contributed by atoms with Gasteiger partial charge in [-0.2, -0.15) is 5.10 Å². The Balaban J connectivity index is 2.44. The maximum Gasteiger partial charge on any atom is 0.169 e. The Labute approximate surface area is 89.9 Å². The molecule has 5 heteroatoms. The lowest BCUT2D eigenvalue weighted by Crippen LogP contribution is -1.98. The van der Waals surface area contributed by atoms with Crippen LogP contribution in [-0.2, 0) is 0 Å². The van der Waals surface area contributed by atoms with E-state index in [2.05, 4.69) is 26.1 Å². The van der Waals surface area contributed by atoms with E-state index in [-0.39, 0.29) is 0 Å². The van der Waals surface area contributed by atoms with Gasteiger partial charge in [0.05, 0.1) is 5.69 Å². The number of benzene rings is 1. The molecule has 72 valence electrons. The van der Waals surface area contributed by atoms with Crippen LogP contribution >= 0.6 is 15.9 Å². The normalized spacial score (nSPS) is 10.4. The summed E-state index contributed by atoms with van der Waals surface area (Å²) in [6, 6.07) is 7.71. The average Bonchev–Trinajstić information content (AvgIpc) is 2.48. The van der Waals surface area contributed by atoms with E-state index in [1.54, 1.807) is 0 Å². The first kappa shape index (κ1) is 9.21. The van der Waals surface area contributed by atoms with Crippen molar-refractivity contribution >= 4 is 21.7 Å². The van der Waals surface area contributed by atoms with Gasteiger partial charge in [-0.25, -0.2) is 0 Å². The summed E-state index contributed by atoms with van der Waals surface area (Å²) >= 11 is 3.36. The number of anilines is 1. The van der Waals surface area contributed by atoms with E-state index in [9.17, 15) is 0 Å². The van der Waals surface area contributed by atoms with Gasteiger partial charge in [-0.15, -0.1) is 9.90 Å². The zero-order valence-corrected chi connectivity index (χ0v) is 9.19. The third-order valence-electron chi connectivity index (χ3n) is 1.88. The first-order chi connectivity index (χ1) is 6.66. The Hall–Kier alpha value is -1.36. The van der Waals surface area contributed by atoms with Crippen molar-refractivity contribution in [3.8, 4) is 5.69 Å². The molecule has 0 radical (unpaired) electrons. The molecule has 0 aliphatic rings. The van der Waals surface area contributed by atoms with Crippen molar-refractivity contribution in [3.05, 3.63) is 34.4 Å². The van der Waals surface area contributed by atoms with E-state index in [0.29, 0.717) is 5.82 Å². The van der Waals surface area contributed by atoms with Crippen LogP contribution in [0.5, 0.6) is 0 Å². The minimum Gasteiger partial charge on any atom is -0.381 e. The Bertz CT molecular complexity index is 427. The van der Waals surface area contributed by atoms with Crippen LogP contribution in [0.4, 0.5) is 5.82 Å². The summed E-state index contributed by atoms with van der Waals surface area (Å²) in [5.74, 6) is 0.466. The minimum atomic E-state index is 0.466. The molecule has 0 aliphatic heterocycles. The highest BCUT2D eigenvalue weighted by Crippen LogP contribution is 2.14. The number of halogens is 1. The molecule has 0 amide bonds. The molecule has 2 rings (SSSR count). The lowest BCUT2D eigenvalue weighted by molar-refractivity contribution is 0.747. The molecule has 0 bridgehead atoms. The molecule has 0 saturated heterocycles. The highest BCUT2D eigenvalue weighted by Gasteiger charge is 2.03. The van der Waals surface area contributed by atoms with Crippen LogP contribution in [0.3, 0.4) is 0 Å². The fourth-order valence-electron chi connectivity index (χ4n) is 1.08. The second-order valence-electron chi connectivity index (χ2n) is 2.94. The van der Waals surface area contributed by atoms with Crippen LogP contribution in [0.25, 0.3) is 5.69 Å². The monoisotopic (exact) mass is 252 g/mol. The van der Waals surface area contributed by atoms with Gasteiger partial charge in [-0.05, 0) is 31.2 Å². The highest BCUT2D eigenvalue weighted by atomic mass is 79.9. The summed E-state index contributed by atoms with van der Waals surface area (Å²) in [7, 11) is 0. The number of rotatable bonds is 1. The third kappa shape index (κ3) is 1.63. The topological polar surface area (TPSA) is 56.7 Å². The van der Waals surface area contributed by atoms with Crippen molar-refractivity contribution < 1.29 is 0 Å². The van der Waals surface area contributed by atoms with E-state index in [1.807, 2.05) is 31.2 Å². The predicted octanol–water partition coefficient (Wildman–Crippen LogP) is 1.92. The van der Waals surface area contributed by atoms with E-state index >= 15 is 0 Å². The molecule has 2 N–H and O–H groups in total. The second-order valence-corrected chi connectivity index (χ2v) is 3.85. The van der Waals surface area contributed by atoms with Crippen molar-refractivity contribution in [2.45, 2.75) is 6.92 Å². The number of nitrogens with zero attached hydrogens (tertiary/aromatic N) is 3. The molecule has 0 atom stereocenters. The molecule has 2 aromatic rings. The van der Waals surface area contributed by atoms with Crippen LogP contribution in [0.15, 0.2) is 28.7 Å². The number of nitrogens with two attached hydrogens (primary N) is 1. The standard InChI is InChI=1S/C9H9BrN4/c1-6-9(11)13-14(12-6)8-4-2-7(10)3-5-8/h2-5H,1H3,(H2,11,13). The lowest BCUT2D eigenvalue weighted by Gasteiger charge is -1.98. The highest BCUT2D eigenvalue weighted by molar-refractivity contribution is 9.10. The van der Waals surface area contributed by atoms with Gasteiger partial charge < -0.3 is 5.73 Å². The Morgan fingerprint density at radius 2 is 1.86 bits per heavy atom. The van der Waals surface area contributed by atoms with Crippen molar-refractivity contribution in [2.75, 3.05) is 5.73 Å². The van der Waals surface area contributed by atoms with E-state index in [4.69, 9.17) is 5.73 Å². The van der Waals surface area contributed by atoms with E-state index < -0.39 is 0 Å². The Morgan fingerprint density at radius 3 is 2.36 bits per heavy atom. The van der Waals surface area contributed by atoms with Crippen LogP contribution < -0.4 is 5.73 Å². The number of hydrogen-bond acceptors (Lipinski definition) is 3. The van der Waals surface area contributed by atoms with Crippen LogP contribution in [-0.4, -0.2) is 15.0 Å². The zero-order valence-electron chi connectivity index (χ0n) is 7.61. The molecule has 0 saturated carbocycles. The summed E-state index contributed by atoms with van der Waals surface area (Å²) in [4.78, 5) is 1.52. The molecule has 4 nitrogen and oxygen atoms in total. The zero-order chi connectivity index (χ0) is 10.1. The minimum absolute atomic E-state index is 0.466. The maximum absolute atomic E-state index is 5.60. The largest absolute Gasteiger partial charge is 0.381 e. The van der Waals surface area contributed by atoms with E-state index in [1.165, 1.54) is 4.80 Å². The number of hydrogen-bond donors (Lipinski definition) is 1. The third-order valence-corrected chi connectivity index (χ3v) is 2.40. The number of aromatic nitrogens is 3. The molecule has 1 heterocycles. The summed E-state index contributed by atoms with van der Waals surface area (Å²) < 4.78 is 1.03. The molecule has 0 fully saturated rings. The molecule has 1 aromatic heterocycles. The fraction of sp³-hybridized carbons (Fsp3) is 0.111. The molecular formula is C9H9BrN4. The van der Waals surface area contributed by atoms with Crippen molar-refractivity contribution in [1.29, 1.82) is 0 Å². The molecular weight excluding hydrogens is 244 g/mol. The van der Waals surface area contributed by atoms with Gasteiger partial charge in [0, 0.05) is 4.47 Å². The fourth-order valence-corrected chi connectivity index (χ4v) is 1.34. The van der Waals surface area contributed by atoms with Gasteiger partial charge >= 0.3 is 0 Å². The molecule has 0 aliphatic carbocycles. The molecule has 0 spiro atoms. The summed E-state index contributed by atoms with van der Waals surface area (Å²) in [6.45, 7) is 1.83. The number of nitrogen functional groups attached to an aromatic ring is 1. The quantitative estimate of drug-likeness (QED) is 0.844. The van der Waals surface area contributed by atoms with Gasteiger partial charge in [0.15, 0.2) is 5.82 Å².